The average Bonchev–Trinajstić information content (AvgIpc) is 3.26. The molecular weight excluding hydrogens is 504 g/mol. The number of aliphatic hydroxyl groups is 1. The highest BCUT2D eigenvalue weighted by molar-refractivity contribution is 8.01. The Hall–Kier alpha value is -1.84. The van der Waals surface area contributed by atoms with Gasteiger partial charge in [0.05, 0.1) is 28.0 Å². The number of piperidine rings is 1. The van der Waals surface area contributed by atoms with E-state index < -0.39 is 12.1 Å². The lowest BCUT2D eigenvalue weighted by atomic mass is 9.79. The molecule has 1 fully saturated rings. The van der Waals surface area contributed by atoms with Crippen molar-refractivity contribution >= 4 is 51.6 Å². The zero-order valence-electron chi connectivity index (χ0n) is 19.7. The molecule has 35 heavy (non-hydrogen) atoms. The standard InChI is InChI=1S/C26H31ClN2O4S2/c1-33-19-3-4-23-21(15-19)20(6-9-28-23)24(30)5-2-17-7-10-29(16-18(17)14-25(31)32)11-13-35-26-22(27)8-12-34-26/h3-4,6,8-9,12,15,17-18,24,30H,2,5,7,10-11,13-14,16H2,1H3,(H,31,32)/t17-,18+,24?/m1/s1. The molecule has 0 spiro atoms. The molecule has 0 saturated carbocycles. The van der Waals surface area contributed by atoms with E-state index in [1.807, 2.05) is 35.7 Å². The molecule has 1 saturated heterocycles. The lowest BCUT2D eigenvalue weighted by Gasteiger charge is -2.38. The van der Waals surface area contributed by atoms with Gasteiger partial charge in [-0.25, -0.2) is 0 Å². The van der Waals surface area contributed by atoms with Crippen molar-refractivity contribution in [1.82, 2.24) is 9.88 Å². The fraction of sp³-hybridized carbons (Fsp3) is 0.462. The first-order valence-electron chi connectivity index (χ1n) is 11.8. The van der Waals surface area contributed by atoms with Crippen LogP contribution in [0, 0.1) is 11.8 Å². The van der Waals surface area contributed by atoms with Crippen molar-refractivity contribution in [1.29, 1.82) is 0 Å². The van der Waals surface area contributed by atoms with Crippen LogP contribution in [0.2, 0.25) is 5.02 Å². The number of aromatic nitrogens is 1. The highest BCUT2D eigenvalue weighted by Crippen LogP contribution is 2.36. The summed E-state index contributed by atoms with van der Waals surface area (Å²) in [6.07, 6.45) is 3.57. The molecule has 3 atom stereocenters. The summed E-state index contributed by atoms with van der Waals surface area (Å²) in [7, 11) is 1.62. The maximum atomic E-state index is 11.6. The van der Waals surface area contributed by atoms with E-state index in [-0.39, 0.29) is 18.3 Å². The summed E-state index contributed by atoms with van der Waals surface area (Å²) < 4.78 is 6.49. The predicted octanol–water partition coefficient (Wildman–Crippen LogP) is 5.98. The Morgan fingerprint density at radius 3 is 2.94 bits per heavy atom. The van der Waals surface area contributed by atoms with Gasteiger partial charge in [0.15, 0.2) is 0 Å². The van der Waals surface area contributed by atoms with Crippen LogP contribution in [0.5, 0.6) is 5.75 Å². The van der Waals surface area contributed by atoms with Crippen LogP contribution in [0.25, 0.3) is 10.9 Å². The number of likely N-dealkylation sites (tertiary alicyclic amines) is 1. The highest BCUT2D eigenvalue weighted by atomic mass is 35.5. The third-order valence-corrected chi connectivity index (χ3v) is 9.55. The number of fused-ring (bicyclic) bond motifs is 1. The molecule has 9 heteroatoms. The van der Waals surface area contributed by atoms with Gasteiger partial charge in [-0.2, -0.15) is 0 Å². The van der Waals surface area contributed by atoms with Crippen molar-refractivity contribution < 1.29 is 19.7 Å². The van der Waals surface area contributed by atoms with E-state index in [9.17, 15) is 15.0 Å². The van der Waals surface area contributed by atoms with Crippen LogP contribution in [0.3, 0.4) is 0 Å². The summed E-state index contributed by atoms with van der Waals surface area (Å²) in [6, 6.07) is 9.45. The van der Waals surface area contributed by atoms with Crippen LogP contribution in [0.4, 0.5) is 0 Å². The van der Waals surface area contributed by atoms with Gasteiger partial charge in [0.25, 0.3) is 0 Å². The van der Waals surface area contributed by atoms with Gasteiger partial charge in [0.1, 0.15) is 5.75 Å². The number of benzene rings is 1. The van der Waals surface area contributed by atoms with Crippen LogP contribution in [-0.4, -0.2) is 58.6 Å². The second-order valence-corrected chi connectivity index (χ2v) is 11.7. The van der Waals surface area contributed by atoms with Gasteiger partial charge in [-0.3, -0.25) is 9.78 Å². The molecule has 188 valence electrons. The van der Waals surface area contributed by atoms with Gasteiger partial charge in [0.2, 0.25) is 0 Å². The van der Waals surface area contributed by atoms with Crippen molar-refractivity contribution in [3.8, 4) is 5.75 Å². The molecule has 2 aromatic heterocycles. The summed E-state index contributed by atoms with van der Waals surface area (Å²) in [5.74, 6) is 1.26. The Morgan fingerprint density at radius 2 is 2.20 bits per heavy atom. The average molecular weight is 535 g/mol. The Labute approximate surface area is 219 Å². The molecule has 3 aromatic rings. The van der Waals surface area contributed by atoms with E-state index in [0.29, 0.717) is 6.42 Å². The van der Waals surface area contributed by atoms with E-state index in [1.165, 1.54) is 0 Å². The zero-order valence-corrected chi connectivity index (χ0v) is 22.1. The van der Waals surface area contributed by atoms with Crippen LogP contribution >= 0.6 is 34.7 Å². The number of thioether (sulfide) groups is 1. The zero-order chi connectivity index (χ0) is 24.8. The number of hydrogen-bond donors (Lipinski definition) is 2. The molecule has 0 amide bonds. The second kappa shape index (κ2) is 12.4. The Kier molecular flexibility index (Phi) is 9.30. The van der Waals surface area contributed by atoms with Gasteiger partial charge in [-0.05, 0) is 78.9 Å². The van der Waals surface area contributed by atoms with Crippen molar-refractivity contribution in [3.05, 3.63) is 52.5 Å². The molecule has 0 radical (unpaired) electrons. The fourth-order valence-corrected chi connectivity index (χ4v) is 7.31. The number of halogens is 1. The van der Waals surface area contributed by atoms with Gasteiger partial charge in [0, 0.05) is 36.8 Å². The third kappa shape index (κ3) is 6.89. The predicted molar refractivity (Wildman–Crippen MR) is 143 cm³/mol. The molecule has 1 aliphatic rings. The number of aliphatic hydroxyl groups excluding tert-OH is 1. The molecule has 1 aromatic carbocycles. The summed E-state index contributed by atoms with van der Waals surface area (Å²) in [5.41, 5.74) is 1.66. The minimum Gasteiger partial charge on any atom is -0.497 e. The van der Waals surface area contributed by atoms with Gasteiger partial charge in [-0.1, -0.05) is 11.6 Å². The first-order valence-corrected chi connectivity index (χ1v) is 14.1. The Balaban J connectivity index is 1.35. The number of hydrogen-bond acceptors (Lipinski definition) is 7. The number of ether oxygens (including phenoxy) is 1. The minimum atomic E-state index is -0.755. The topological polar surface area (TPSA) is 82.9 Å². The van der Waals surface area contributed by atoms with E-state index in [4.69, 9.17) is 16.3 Å². The summed E-state index contributed by atoms with van der Waals surface area (Å²) in [4.78, 5) is 18.4. The van der Waals surface area contributed by atoms with Crippen molar-refractivity contribution in [2.75, 3.05) is 32.5 Å². The van der Waals surface area contributed by atoms with Crippen LogP contribution in [-0.2, 0) is 4.79 Å². The largest absolute Gasteiger partial charge is 0.497 e. The molecule has 3 heterocycles. The van der Waals surface area contributed by atoms with Gasteiger partial charge < -0.3 is 19.8 Å². The lowest BCUT2D eigenvalue weighted by molar-refractivity contribution is -0.139. The quantitative estimate of drug-likeness (QED) is 0.293. The van der Waals surface area contributed by atoms with E-state index in [2.05, 4.69) is 9.88 Å². The number of carboxylic acid groups (broad SMARTS) is 1. The third-order valence-electron chi connectivity index (χ3n) is 6.79. The fourth-order valence-electron chi connectivity index (χ4n) is 4.94. The summed E-state index contributed by atoms with van der Waals surface area (Å²) in [5, 5.41) is 24.3. The molecule has 6 nitrogen and oxygen atoms in total. The number of aliphatic carboxylic acids is 1. The molecular formula is C26H31ClN2O4S2. The number of nitrogens with zero attached hydrogens (tertiary/aromatic N) is 2. The van der Waals surface area contributed by atoms with Gasteiger partial charge in [-0.15, -0.1) is 23.1 Å². The number of pyridine rings is 1. The first kappa shape index (κ1) is 26.2. The number of rotatable bonds is 11. The highest BCUT2D eigenvalue weighted by Gasteiger charge is 2.31. The summed E-state index contributed by atoms with van der Waals surface area (Å²) in [6.45, 7) is 2.64. The smallest absolute Gasteiger partial charge is 0.303 e. The first-order chi connectivity index (χ1) is 16.9. The van der Waals surface area contributed by atoms with Crippen molar-refractivity contribution in [2.45, 2.75) is 36.0 Å². The molecule has 1 aliphatic heterocycles. The van der Waals surface area contributed by atoms with Crippen LogP contribution < -0.4 is 4.74 Å². The normalized spacial score (nSPS) is 19.6. The monoisotopic (exact) mass is 534 g/mol. The van der Waals surface area contributed by atoms with Crippen molar-refractivity contribution in [2.24, 2.45) is 11.8 Å². The lowest BCUT2D eigenvalue weighted by Crippen LogP contribution is -2.42. The molecule has 0 bridgehead atoms. The maximum Gasteiger partial charge on any atom is 0.303 e. The van der Waals surface area contributed by atoms with E-state index in [0.717, 1.165) is 69.7 Å². The number of carbonyl (C=O) groups is 1. The maximum absolute atomic E-state index is 11.6. The summed E-state index contributed by atoms with van der Waals surface area (Å²) >= 11 is 9.61. The minimum absolute atomic E-state index is 0.0815. The Morgan fingerprint density at radius 1 is 1.34 bits per heavy atom. The van der Waals surface area contributed by atoms with E-state index >= 15 is 0 Å². The Bertz CT molecular complexity index is 1140. The van der Waals surface area contributed by atoms with Crippen molar-refractivity contribution in [3.63, 3.8) is 0 Å². The molecule has 0 aliphatic carbocycles. The molecule has 2 N–H and O–H groups in total. The van der Waals surface area contributed by atoms with Gasteiger partial charge >= 0.3 is 5.97 Å². The number of thiophene rings is 1. The second-order valence-electron chi connectivity index (χ2n) is 8.99. The number of methoxy groups -OCH3 is 1. The van der Waals surface area contributed by atoms with Crippen LogP contribution in [0.1, 0.15) is 37.4 Å². The number of carboxylic acids is 1. The SMILES string of the molecule is COc1ccc2nccc(C(O)CC[C@@H]3CCN(CCSc4sccc4Cl)C[C@@H]3CC(=O)O)c2c1. The van der Waals surface area contributed by atoms with E-state index in [1.54, 1.807) is 36.4 Å². The van der Waals surface area contributed by atoms with Crippen LogP contribution in [0.15, 0.2) is 46.1 Å². The molecule has 1 unspecified atom stereocenters. The molecule has 4 rings (SSSR count).